The molecular weight excluding hydrogens is 1020 g/mol. The highest BCUT2D eigenvalue weighted by molar-refractivity contribution is 6.00. The van der Waals surface area contributed by atoms with E-state index < -0.39 is 0 Å². The molecule has 0 atom stereocenters. The van der Waals surface area contributed by atoms with Crippen LogP contribution in [0.2, 0.25) is 0 Å². The van der Waals surface area contributed by atoms with Crippen LogP contribution in [0.15, 0.2) is 364 Å². The van der Waals surface area contributed by atoms with E-state index in [9.17, 15) is 0 Å². The zero-order valence-electron chi connectivity index (χ0n) is 46.4. The number of anilines is 12. The number of para-hydroxylation sites is 6. The van der Waals surface area contributed by atoms with Crippen molar-refractivity contribution < 1.29 is 0 Å². The van der Waals surface area contributed by atoms with Gasteiger partial charge in [-0.2, -0.15) is 0 Å². The van der Waals surface area contributed by atoms with E-state index in [1.54, 1.807) is 0 Å². The summed E-state index contributed by atoms with van der Waals surface area (Å²) in [6.45, 7) is 0. The molecule has 0 aliphatic carbocycles. The first-order valence-corrected chi connectivity index (χ1v) is 28.6. The Morgan fingerprint density at radius 2 is 0.321 bits per heavy atom. The van der Waals surface area contributed by atoms with Crippen LogP contribution in [0.3, 0.4) is 0 Å². The summed E-state index contributed by atoms with van der Waals surface area (Å²) in [7, 11) is 0. The third-order valence-corrected chi connectivity index (χ3v) is 15.3. The molecule has 0 spiro atoms. The Hall–Kier alpha value is -11.2. The fraction of sp³-hybridized carbons (Fsp3) is 0. The predicted octanol–water partition coefficient (Wildman–Crippen LogP) is 22.9. The molecule has 0 bridgehead atoms. The number of rotatable bonds is 14. The highest BCUT2D eigenvalue weighted by Crippen LogP contribution is 2.43. The summed E-state index contributed by atoms with van der Waals surface area (Å²) in [6, 6.07) is 129. The van der Waals surface area contributed by atoms with Crippen LogP contribution >= 0.6 is 0 Å². The minimum atomic E-state index is 1.12. The van der Waals surface area contributed by atoms with Gasteiger partial charge in [-0.25, -0.2) is 0 Å². The summed E-state index contributed by atoms with van der Waals surface area (Å²) in [6.07, 6.45) is 0. The topological polar surface area (TPSA) is 13.0 Å². The van der Waals surface area contributed by atoms with Crippen molar-refractivity contribution in [3.63, 3.8) is 0 Å². The Labute approximate surface area is 492 Å². The highest BCUT2D eigenvalue weighted by atomic mass is 15.2. The van der Waals surface area contributed by atoms with Gasteiger partial charge in [0.2, 0.25) is 0 Å². The normalized spacial score (nSPS) is 10.9. The van der Waals surface area contributed by atoms with E-state index in [4.69, 9.17) is 0 Å². The summed E-state index contributed by atoms with van der Waals surface area (Å²) in [5.74, 6) is 0. The van der Waals surface area contributed by atoms with Crippen LogP contribution in [0.25, 0.3) is 43.8 Å². The number of fused-ring (bicyclic) bond motifs is 2. The molecule has 0 aromatic heterocycles. The molecule has 0 N–H and O–H groups in total. The minimum absolute atomic E-state index is 1.12. The molecule has 0 aliphatic rings. The van der Waals surface area contributed by atoms with Gasteiger partial charge in [-0.3, -0.25) is 0 Å². The van der Waals surface area contributed by atoms with Gasteiger partial charge >= 0.3 is 0 Å². The third kappa shape index (κ3) is 11.3. The Balaban J connectivity index is 0.000000160. The van der Waals surface area contributed by atoms with E-state index >= 15 is 0 Å². The van der Waals surface area contributed by atoms with Crippen LogP contribution in [0, 0.1) is 0 Å². The average Bonchev–Trinajstić information content (AvgIpc) is 3.62. The Kier molecular flexibility index (Phi) is 15.3. The molecular formula is C80H60N4. The molecule has 400 valence electrons. The van der Waals surface area contributed by atoms with Gasteiger partial charge in [-0.05, 0) is 166 Å². The highest BCUT2D eigenvalue weighted by Gasteiger charge is 2.19. The van der Waals surface area contributed by atoms with E-state index in [0.29, 0.717) is 0 Å². The molecule has 0 heterocycles. The molecule has 4 nitrogen and oxygen atoms in total. The van der Waals surface area contributed by atoms with Crippen molar-refractivity contribution in [3.05, 3.63) is 364 Å². The van der Waals surface area contributed by atoms with Crippen molar-refractivity contribution in [1.82, 2.24) is 0 Å². The molecule has 0 unspecified atom stereocenters. The van der Waals surface area contributed by atoms with Crippen LogP contribution in [0.4, 0.5) is 68.2 Å². The van der Waals surface area contributed by atoms with Crippen LogP contribution in [0.1, 0.15) is 0 Å². The first kappa shape index (κ1) is 52.2. The monoisotopic (exact) mass is 1080 g/mol. The summed E-state index contributed by atoms with van der Waals surface area (Å²) in [4.78, 5) is 9.25. The number of benzene rings is 14. The standard InChI is InChI=1S/C44H32N2.C36H28N2/c1-3-17-37(18-4-1)45(43-23-11-15-35-13-7-9-21-41(35)43)39-29-25-33(26-30-39)34-27-31-40(32-28-34)46(38-19-5-2-6-20-38)44-24-12-16-36-14-8-10-22-42(36)44;1-5-13-31(14-6-1)37(32-15-7-2-8-16-32)35-25-21-29(22-26-35)30-23-27-36(28-24-30)38(33-17-9-3-10-18-33)34-19-11-4-12-20-34/h1-32H;1-28H. The van der Waals surface area contributed by atoms with Gasteiger partial charge in [0.25, 0.3) is 0 Å². The fourth-order valence-corrected chi connectivity index (χ4v) is 11.2. The Morgan fingerprint density at radius 1 is 0.131 bits per heavy atom. The molecule has 14 rings (SSSR count). The quantitative estimate of drug-likeness (QED) is 0.108. The van der Waals surface area contributed by atoms with E-state index in [2.05, 4.69) is 384 Å². The second kappa shape index (κ2) is 24.7. The van der Waals surface area contributed by atoms with Crippen molar-refractivity contribution in [2.45, 2.75) is 0 Å². The molecule has 0 saturated carbocycles. The van der Waals surface area contributed by atoms with E-state index in [-0.39, 0.29) is 0 Å². The summed E-state index contributed by atoms with van der Waals surface area (Å²) < 4.78 is 0. The molecule has 84 heavy (non-hydrogen) atoms. The van der Waals surface area contributed by atoms with Crippen LogP contribution in [-0.2, 0) is 0 Å². The molecule has 0 amide bonds. The number of nitrogens with zero attached hydrogens (tertiary/aromatic N) is 4. The lowest BCUT2D eigenvalue weighted by molar-refractivity contribution is 1.28. The van der Waals surface area contributed by atoms with Crippen LogP contribution < -0.4 is 19.6 Å². The lowest BCUT2D eigenvalue weighted by Gasteiger charge is -2.27. The Bertz CT molecular complexity index is 3990. The van der Waals surface area contributed by atoms with Gasteiger partial charge in [-0.15, -0.1) is 0 Å². The zero-order chi connectivity index (χ0) is 56.3. The van der Waals surface area contributed by atoms with Crippen molar-refractivity contribution >= 4 is 89.8 Å². The maximum atomic E-state index is 2.34. The molecule has 14 aromatic rings. The van der Waals surface area contributed by atoms with Crippen molar-refractivity contribution in [3.8, 4) is 22.3 Å². The van der Waals surface area contributed by atoms with Crippen molar-refractivity contribution in [1.29, 1.82) is 0 Å². The van der Waals surface area contributed by atoms with Crippen molar-refractivity contribution in [2.24, 2.45) is 0 Å². The minimum Gasteiger partial charge on any atom is -0.311 e. The lowest BCUT2D eigenvalue weighted by Crippen LogP contribution is -2.10. The van der Waals surface area contributed by atoms with Gasteiger partial charge in [0.15, 0.2) is 0 Å². The van der Waals surface area contributed by atoms with Gasteiger partial charge in [0.05, 0.1) is 11.4 Å². The number of hydrogen-bond donors (Lipinski definition) is 0. The van der Waals surface area contributed by atoms with Crippen LogP contribution in [-0.4, -0.2) is 0 Å². The molecule has 0 saturated heterocycles. The van der Waals surface area contributed by atoms with Crippen molar-refractivity contribution in [2.75, 3.05) is 19.6 Å². The Morgan fingerprint density at radius 3 is 0.583 bits per heavy atom. The SMILES string of the molecule is c1ccc(N(c2ccc(-c3ccc(N(c4ccccc4)c4cccc5ccccc45)cc3)cc2)c2cccc3ccccc23)cc1.c1ccc(N(c2ccccc2)c2ccc(-c3ccc(N(c4ccccc4)c4ccccc4)cc3)cc2)cc1. The molecule has 14 aromatic carbocycles. The number of hydrogen-bond acceptors (Lipinski definition) is 4. The maximum absolute atomic E-state index is 2.34. The lowest BCUT2D eigenvalue weighted by atomic mass is 10.0. The zero-order valence-corrected chi connectivity index (χ0v) is 46.4. The smallest absolute Gasteiger partial charge is 0.0540 e. The summed E-state index contributed by atoms with van der Waals surface area (Å²) in [5.41, 5.74) is 18.4. The van der Waals surface area contributed by atoms with Gasteiger partial charge in [-0.1, -0.05) is 231 Å². The predicted molar refractivity (Wildman–Crippen MR) is 358 cm³/mol. The molecule has 0 fully saturated rings. The van der Waals surface area contributed by atoms with E-state index in [0.717, 1.165) is 68.2 Å². The average molecular weight is 1080 g/mol. The van der Waals surface area contributed by atoms with E-state index in [1.807, 2.05) is 0 Å². The molecule has 0 radical (unpaired) electrons. The third-order valence-electron chi connectivity index (χ3n) is 15.3. The van der Waals surface area contributed by atoms with Gasteiger partial charge in [0, 0.05) is 67.6 Å². The summed E-state index contributed by atoms with van der Waals surface area (Å²) in [5, 5.41) is 4.90. The summed E-state index contributed by atoms with van der Waals surface area (Å²) >= 11 is 0. The van der Waals surface area contributed by atoms with E-state index in [1.165, 1.54) is 43.8 Å². The molecule has 4 heteroatoms. The largest absolute Gasteiger partial charge is 0.311 e. The molecule has 0 aliphatic heterocycles. The maximum Gasteiger partial charge on any atom is 0.0540 e. The second-order valence-corrected chi connectivity index (χ2v) is 20.5. The van der Waals surface area contributed by atoms with Crippen LogP contribution in [0.5, 0.6) is 0 Å². The van der Waals surface area contributed by atoms with Gasteiger partial charge in [0.1, 0.15) is 0 Å². The second-order valence-electron chi connectivity index (χ2n) is 20.5. The van der Waals surface area contributed by atoms with Gasteiger partial charge < -0.3 is 19.6 Å². The first-order chi connectivity index (χ1) is 41.7. The fourth-order valence-electron chi connectivity index (χ4n) is 11.2. The first-order valence-electron chi connectivity index (χ1n) is 28.6.